The minimum absolute atomic E-state index is 0.815. The van der Waals surface area contributed by atoms with Gasteiger partial charge in [-0.05, 0) is 31.1 Å². The zero-order chi connectivity index (χ0) is 8.27. The number of rotatable bonds is 2. The highest BCUT2D eigenvalue weighted by atomic mass is 79.9. The first-order valence-corrected chi connectivity index (χ1v) is 5.83. The van der Waals surface area contributed by atoms with Crippen LogP contribution in [0.1, 0.15) is 46.0 Å². The van der Waals surface area contributed by atoms with Crippen molar-refractivity contribution < 1.29 is 0 Å². The lowest BCUT2D eigenvalue weighted by Gasteiger charge is -2.32. The molecule has 1 aliphatic carbocycles. The number of hydrogen-bond donors (Lipinski definition) is 0. The molecule has 1 heteroatoms. The Morgan fingerprint density at radius 3 is 2.45 bits per heavy atom. The van der Waals surface area contributed by atoms with Crippen molar-refractivity contribution in [1.29, 1.82) is 0 Å². The summed E-state index contributed by atoms with van der Waals surface area (Å²) in [5.41, 5.74) is 0. The van der Waals surface area contributed by atoms with Crippen LogP contribution in [0.5, 0.6) is 0 Å². The maximum Gasteiger partial charge on any atom is 0.0174 e. The van der Waals surface area contributed by atoms with Gasteiger partial charge in [-0.25, -0.2) is 0 Å². The largest absolute Gasteiger partial charge is 0.0888 e. The van der Waals surface area contributed by atoms with E-state index in [1.807, 2.05) is 0 Å². The van der Waals surface area contributed by atoms with Gasteiger partial charge < -0.3 is 0 Å². The Morgan fingerprint density at radius 1 is 1.18 bits per heavy atom. The van der Waals surface area contributed by atoms with Crippen LogP contribution in [-0.4, -0.2) is 4.83 Å². The van der Waals surface area contributed by atoms with Crippen LogP contribution in [0.2, 0.25) is 0 Å². The summed E-state index contributed by atoms with van der Waals surface area (Å²) < 4.78 is 0. The normalized spacial score (nSPS) is 39.0. The molecule has 1 fully saturated rings. The molecule has 0 amide bonds. The van der Waals surface area contributed by atoms with E-state index in [1.54, 1.807) is 0 Å². The molecule has 3 unspecified atom stereocenters. The fraction of sp³-hybridized carbons (Fsp3) is 1.00. The van der Waals surface area contributed by atoms with Crippen LogP contribution in [0.4, 0.5) is 0 Å². The van der Waals surface area contributed by atoms with Crippen LogP contribution in [0.3, 0.4) is 0 Å². The third-order valence-corrected chi connectivity index (χ3v) is 4.31. The predicted octanol–water partition coefficient (Wildman–Crippen LogP) is 3.99. The Morgan fingerprint density at radius 2 is 1.91 bits per heavy atom. The van der Waals surface area contributed by atoms with Crippen LogP contribution < -0.4 is 0 Å². The van der Waals surface area contributed by atoms with Crippen LogP contribution in [-0.2, 0) is 0 Å². The molecule has 0 aromatic carbocycles. The quantitative estimate of drug-likeness (QED) is 0.616. The third kappa shape index (κ3) is 2.47. The van der Waals surface area contributed by atoms with E-state index >= 15 is 0 Å². The van der Waals surface area contributed by atoms with Crippen LogP contribution >= 0.6 is 15.9 Å². The van der Waals surface area contributed by atoms with Gasteiger partial charge in [0.05, 0.1) is 0 Å². The van der Waals surface area contributed by atoms with Crippen molar-refractivity contribution >= 4 is 15.9 Å². The fourth-order valence-electron chi connectivity index (χ4n) is 2.12. The monoisotopic (exact) mass is 218 g/mol. The van der Waals surface area contributed by atoms with Crippen molar-refractivity contribution in [1.82, 2.24) is 0 Å². The number of halogens is 1. The molecule has 0 N–H and O–H groups in total. The highest BCUT2D eigenvalue weighted by Gasteiger charge is 2.26. The smallest absolute Gasteiger partial charge is 0.0174 e. The highest BCUT2D eigenvalue weighted by molar-refractivity contribution is 9.09. The first-order valence-electron chi connectivity index (χ1n) is 4.92. The van der Waals surface area contributed by atoms with E-state index in [9.17, 15) is 0 Å². The standard InChI is InChI=1S/C10H19Br/c1-3-8-5-6-10(11)9(4-2)7-8/h8-10H,3-7H2,1-2H3. The van der Waals surface area contributed by atoms with Crippen LogP contribution in [0, 0.1) is 11.8 Å². The summed E-state index contributed by atoms with van der Waals surface area (Å²) in [6.45, 7) is 4.64. The van der Waals surface area contributed by atoms with Crippen molar-refractivity contribution in [3.8, 4) is 0 Å². The van der Waals surface area contributed by atoms with Gasteiger partial charge in [-0.15, -0.1) is 0 Å². The molecule has 0 aromatic rings. The van der Waals surface area contributed by atoms with Gasteiger partial charge >= 0.3 is 0 Å². The summed E-state index contributed by atoms with van der Waals surface area (Å²) in [5, 5.41) is 0. The lowest BCUT2D eigenvalue weighted by Crippen LogP contribution is -2.24. The van der Waals surface area contributed by atoms with Crippen LogP contribution in [0.15, 0.2) is 0 Å². The molecule has 0 heterocycles. The van der Waals surface area contributed by atoms with Gasteiger partial charge in [0.2, 0.25) is 0 Å². The van der Waals surface area contributed by atoms with Gasteiger partial charge in [0, 0.05) is 4.83 Å². The molecule has 0 bridgehead atoms. The zero-order valence-electron chi connectivity index (χ0n) is 7.65. The summed E-state index contributed by atoms with van der Waals surface area (Å²) in [4.78, 5) is 0.815. The summed E-state index contributed by atoms with van der Waals surface area (Å²) in [5.74, 6) is 1.97. The predicted molar refractivity (Wildman–Crippen MR) is 54.1 cm³/mol. The molecule has 1 rings (SSSR count). The number of hydrogen-bond acceptors (Lipinski definition) is 0. The van der Waals surface area contributed by atoms with Crippen molar-refractivity contribution in [3.05, 3.63) is 0 Å². The molecule has 1 aliphatic rings. The van der Waals surface area contributed by atoms with E-state index < -0.39 is 0 Å². The Bertz CT molecular complexity index is 111. The van der Waals surface area contributed by atoms with Gasteiger partial charge in [0.15, 0.2) is 0 Å². The van der Waals surface area contributed by atoms with E-state index in [0.29, 0.717) is 0 Å². The number of alkyl halides is 1. The van der Waals surface area contributed by atoms with Gasteiger partial charge in [-0.1, -0.05) is 42.6 Å². The molecular formula is C10H19Br. The summed E-state index contributed by atoms with van der Waals surface area (Å²) in [7, 11) is 0. The van der Waals surface area contributed by atoms with Gasteiger partial charge in [-0.3, -0.25) is 0 Å². The molecule has 0 aliphatic heterocycles. The SMILES string of the molecule is CCC1CCC(Br)C(CC)C1. The molecule has 3 atom stereocenters. The molecule has 0 spiro atoms. The lowest BCUT2D eigenvalue weighted by atomic mass is 9.79. The van der Waals surface area contributed by atoms with Gasteiger partial charge in [-0.2, -0.15) is 0 Å². The molecule has 66 valence electrons. The molecule has 1 saturated carbocycles. The van der Waals surface area contributed by atoms with E-state index in [2.05, 4.69) is 29.8 Å². The van der Waals surface area contributed by atoms with E-state index in [0.717, 1.165) is 16.7 Å². The first-order chi connectivity index (χ1) is 5.27. The minimum atomic E-state index is 0.815. The highest BCUT2D eigenvalue weighted by Crippen LogP contribution is 2.36. The molecule has 0 saturated heterocycles. The summed E-state index contributed by atoms with van der Waals surface area (Å²) >= 11 is 3.77. The molecule has 11 heavy (non-hydrogen) atoms. The van der Waals surface area contributed by atoms with Crippen molar-refractivity contribution in [2.45, 2.75) is 50.8 Å². The van der Waals surface area contributed by atoms with Gasteiger partial charge in [0.25, 0.3) is 0 Å². The Hall–Kier alpha value is 0.480. The average molecular weight is 219 g/mol. The van der Waals surface area contributed by atoms with Gasteiger partial charge in [0.1, 0.15) is 0 Å². The minimum Gasteiger partial charge on any atom is -0.0888 e. The summed E-state index contributed by atoms with van der Waals surface area (Å²) in [6, 6.07) is 0. The van der Waals surface area contributed by atoms with E-state index in [1.165, 1.54) is 32.1 Å². The second kappa shape index (κ2) is 4.49. The molecule has 0 radical (unpaired) electrons. The average Bonchev–Trinajstić information content (AvgIpc) is 2.05. The van der Waals surface area contributed by atoms with Crippen molar-refractivity contribution in [3.63, 3.8) is 0 Å². The van der Waals surface area contributed by atoms with Crippen molar-refractivity contribution in [2.75, 3.05) is 0 Å². The Kier molecular flexibility index (Phi) is 3.91. The van der Waals surface area contributed by atoms with E-state index in [4.69, 9.17) is 0 Å². The molecular weight excluding hydrogens is 200 g/mol. The molecule has 0 aromatic heterocycles. The topological polar surface area (TPSA) is 0 Å². The van der Waals surface area contributed by atoms with E-state index in [-0.39, 0.29) is 0 Å². The third-order valence-electron chi connectivity index (χ3n) is 3.10. The summed E-state index contributed by atoms with van der Waals surface area (Å²) in [6.07, 6.45) is 7.05. The van der Waals surface area contributed by atoms with Crippen LogP contribution in [0.25, 0.3) is 0 Å². The maximum absolute atomic E-state index is 3.77. The first kappa shape index (κ1) is 9.57. The lowest BCUT2D eigenvalue weighted by molar-refractivity contribution is 0.267. The fourth-order valence-corrected chi connectivity index (χ4v) is 2.97. The second-order valence-corrected chi connectivity index (χ2v) is 4.95. The van der Waals surface area contributed by atoms with Crippen molar-refractivity contribution in [2.24, 2.45) is 11.8 Å². The Balaban J connectivity index is 2.37. The molecule has 0 nitrogen and oxygen atoms in total. The second-order valence-electron chi connectivity index (χ2n) is 3.77. The zero-order valence-corrected chi connectivity index (χ0v) is 9.23. The maximum atomic E-state index is 3.77. The Labute approximate surface area is 78.9 Å².